The van der Waals surface area contributed by atoms with Crippen molar-refractivity contribution in [3.05, 3.63) is 94.0 Å². The highest BCUT2D eigenvalue weighted by atomic mass is 35.5. The van der Waals surface area contributed by atoms with E-state index >= 15 is 0 Å². The minimum atomic E-state index is -4.13. The Morgan fingerprint density at radius 2 is 1.49 bits per heavy atom. The van der Waals surface area contributed by atoms with Gasteiger partial charge in [0.05, 0.1) is 10.6 Å². The van der Waals surface area contributed by atoms with E-state index in [-0.39, 0.29) is 23.4 Å². The predicted octanol–water partition coefficient (Wildman–Crippen LogP) is 6.18. The number of anilines is 1. The van der Waals surface area contributed by atoms with E-state index in [1.807, 2.05) is 53.7 Å². The number of aryl methyl sites for hydroxylation is 3. The zero-order valence-corrected chi connectivity index (χ0v) is 26.2. The van der Waals surface area contributed by atoms with Gasteiger partial charge in [-0.2, -0.15) is 0 Å². The van der Waals surface area contributed by atoms with E-state index in [0.717, 1.165) is 27.4 Å². The van der Waals surface area contributed by atoms with Gasteiger partial charge in [-0.3, -0.25) is 13.9 Å². The van der Waals surface area contributed by atoms with Gasteiger partial charge in [0.15, 0.2) is 0 Å². The number of carbonyl (C=O) groups is 2. The monoisotopic (exact) mass is 597 g/mol. The van der Waals surface area contributed by atoms with Crippen molar-refractivity contribution >= 4 is 39.1 Å². The molecule has 2 amide bonds. The molecule has 0 aliphatic rings. The van der Waals surface area contributed by atoms with E-state index in [0.29, 0.717) is 22.7 Å². The predicted molar refractivity (Wildman–Crippen MR) is 166 cm³/mol. The Morgan fingerprint density at radius 3 is 2.05 bits per heavy atom. The van der Waals surface area contributed by atoms with Gasteiger partial charge in [-0.1, -0.05) is 67.4 Å². The summed E-state index contributed by atoms with van der Waals surface area (Å²) < 4.78 is 29.2. The fourth-order valence-electron chi connectivity index (χ4n) is 4.63. The fourth-order valence-corrected chi connectivity index (χ4v) is 6.22. The van der Waals surface area contributed by atoms with E-state index in [2.05, 4.69) is 5.32 Å². The summed E-state index contributed by atoms with van der Waals surface area (Å²) in [5, 5.41) is 3.44. The summed E-state index contributed by atoms with van der Waals surface area (Å²) in [7, 11) is -4.13. The molecule has 0 heterocycles. The van der Waals surface area contributed by atoms with Gasteiger partial charge in [-0.25, -0.2) is 8.42 Å². The summed E-state index contributed by atoms with van der Waals surface area (Å²) in [6.45, 7) is 10.9. The van der Waals surface area contributed by atoms with E-state index in [1.54, 1.807) is 54.6 Å². The van der Waals surface area contributed by atoms with E-state index < -0.39 is 28.5 Å². The van der Waals surface area contributed by atoms with Crippen molar-refractivity contribution < 1.29 is 18.0 Å². The van der Waals surface area contributed by atoms with Crippen LogP contribution in [0.4, 0.5) is 5.69 Å². The van der Waals surface area contributed by atoms with Crippen molar-refractivity contribution in [2.24, 2.45) is 0 Å². The second-order valence-corrected chi connectivity index (χ2v) is 12.8. The lowest BCUT2D eigenvalue weighted by atomic mass is 10.1. The van der Waals surface area contributed by atoms with Gasteiger partial charge < -0.3 is 10.2 Å². The van der Waals surface area contributed by atoms with Crippen molar-refractivity contribution in [1.29, 1.82) is 0 Å². The van der Waals surface area contributed by atoms with Crippen LogP contribution in [0.1, 0.15) is 55.9 Å². The van der Waals surface area contributed by atoms with Gasteiger partial charge in [-0.05, 0) is 87.6 Å². The Morgan fingerprint density at radius 1 is 0.878 bits per heavy atom. The molecule has 0 saturated heterocycles. The average Bonchev–Trinajstić information content (AvgIpc) is 2.92. The summed E-state index contributed by atoms with van der Waals surface area (Å²) in [6.07, 6.45) is 1.07. The molecular weight excluding hydrogens is 558 g/mol. The lowest BCUT2D eigenvalue weighted by Crippen LogP contribution is -2.53. The summed E-state index contributed by atoms with van der Waals surface area (Å²) in [5.41, 5.74) is 3.69. The molecule has 0 radical (unpaired) electrons. The topological polar surface area (TPSA) is 86.8 Å². The minimum absolute atomic E-state index is 0.0518. The summed E-state index contributed by atoms with van der Waals surface area (Å²) in [6, 6.07) is 18.2. The summed E-state index contributed by atoms with van der Waals surface area (Å²) in [4.78, 5) is 29.1. The number of amides is 2. The van der Waals surface area contributed by atoms with E-state index in [4.69, 9.17) is 11.6 Å². The number of carbonyl (C=O) groups excluding carboxylic acids is 2. The molecule has 0 spiro atoms. The van der Waals surface area contributed by atoms with Crippen molar-refractivity contribution in [3.63, 3.8) is 0 Å². The molecule has 7 nitrogen and oxygen atoms in total. The highest BCUT2D eigenvalue weighted by Gasteiger charge is 2.34. The number of nitrogens with zero attached hydrogens (tertiary/aromatic N) is 2. The van der Waals surface area contributed by atoms with Gasteiger partial charge >= 0.3 is 0 Å². The highest BCUT2D eigenvalue weighted by molar-refractivity contribution is 7.92. The van der Waals surface area contributed by atoms with Gasteiger partial charge in [0.2, 0.25) is 11.8 Å². The number of sulfonamides is 1. The first-order valence-corrected chi connectivity index (χ1v) is 15.7. The number of nitrogens with one attached hydrogen (secondary N) is 1. The summed E-state index contributed by atoms with van der Waals surface area (Å²) >= 11 is 6.46. The van der Waals surface area contributed by atoms with Crippen LogP contribution in [0.15, 0.2) is 71.6 Å². The standard InChI is InChI=1S/C32H40ClN3O4S/c1-7-25(6)34-32(38)30(8-2)35(20-26-11-9-10-12-29(26)33)31(37)21-36(27-18-23(4)17-24(5)19-27)41(39,40)28-15-13-22(3)14-16-28/h9-19,25,30H,7-8,20-21H2,1-6H3,(H,34,38)/t25-,30+/m0/s1. The zero-order valence-electron chi connectivity index (χ0n) is 24.6. The first kappa shape index (κ1) is 32.2. The largest absolute Gasteiger partial charge is 0.352 e. The average molecular weight is 598 g/mol. The molecule has 0 unspecified atom stereocenters. The number of halogens is 1. The maximum Gasteiger partial charge on any atom is 0.264 e. The first-order valence-electron chi connectivity index (χ1n) is 13.9. The Bertz CT molecular complexity index is 1450. The lowest BCUT2D eigenvalue weighted by Gasteiger charge is -2.34. The molecule has 0 saturated carbocycles. The highest BCUT2D eigenvalue weighted by Crippen LogP contribution is 2.27. The maximum absolute atomic E-state index is 14.2. The normalized spacial score (nSPS) is 12.9. The van der Waals surface area contributed by atoms with Crippen LogP contribution in [-0.2, 0) is 26.2 Å². The minimum Gasteiger partial charge on any atom is -0.352 e. The third kappa shape index (κ3) is 8.11. The molecule has 0 aliphatic heterocycles. The van der Waals surface area contributed by atoms with E-state index in [9.17, 15) is 18.0 Å². The Balaban J connectivity index is 2.10. The van der Waals surface area contributed by atoms with Crippen LogP contribution in [0, 0.1) is 20.8 Å². The molecule has 3 aromatic rings. The fraction of sp³-hybridized carbons (Fsp3) is 0.375. The molecule has 220 valence electrons. The van der Waals surface area contributed by atoms with E-state index in [1.165, 1.54) is 4.90 Å². The first-order chi connectivity index (χ1) is 19.4. The van der Waals surface area contributed by atoms with Crippen LogP contribution in [-0.4, -0.2) is 43.8 Å². The molecule has 41 heavy (non-hydrogen) atoms. The second-order valence-electron chi connectivity index (χ2n) is 10.5. The van der Waals surface area contributed by atoms with Crippen LogP contribution in [0.2, 0.25) is 5.02 Å². The molecule has 9 heteroatoms. The Hall–Kier alpha value is -3.36. The second kappa shape index (κ2) is 14.0. The molecule has 0 aliphatic carbocycles. The van der Waals surface area contributed by atoms with Crippen LogP contribution in [0.3, 0.4) is 0 Å². The molecule has 2 atom stereocenters. The maximum atomic E-state index is 14.2. The molecule has 0 bridgehead atoms. The number of hydrogen-bond donors (Lipinski definition) is 1. The van der Waals surface area contributed by atoms with Crippen molar-refractivity contribution in [1.82, 2.24) is 10.2 Å². The van der Waals surface area contributed by atoms with Crippen LogP contribution >= 0.6 is 11.6 Å². The zero-order chi connectivity index (χ0) is 30.3. The van der Waals surface area contributed by atoms with Crippen molar-refractivity contribution in [2.45, 2.75) is 77.9 Å². The Labute approximate surface area is 249 Å². The van der Waals surface area contributed by atoms with Gasteiger partial charge in [0.25, 0.3) is 10.0 Å². The lowest BCUT2D eigenvalue weighted by molar-refractivity contribution is -0.140. The molecule has 3 rings (SSSR count). The van der Waals surface area contributed by atoms with Crippen molar-refractivity contribution in [3.8, 4) is 0 Å². The SMILES string of the molecule is CC[C@H](C(=O)N[C@@H](C)CC)N(Cc1ccccc1Cl)C(=O)CN(c1cc(C)cc(C)c1)S(=O)(=O)c1ccc(C)cc1. The number of rotatable bonds is 12. The van der Waals surface area contributed by atoms with Crippen LogP contribution in [0.5, 0.6) is 0 Å². The number of hydrogen-bond acceptors (Lipinski definition) is 4. The third-order valence-corrected chi connectivity index (χ3v) is 9.22. The molecule has 3 aromatic carbocycles. The van der Waals surface area contributed by atoms with Gasteiger partial charge in [0.1, 0.15) is 12.6 Å². The molecule has 0 fully saturated rings. The van der Waals surface area contributed by atoms with Crippen molar-refractivity contribution in [2.75, 3.05) is 10.8 Å². The van der Waals surface area contributed by atoms with Gasteiger partial charge in [0, 0.05) is 17.6 Å². The third-order valence-electron chi connectivity index (χ3n) is 7.07. The Kier molecular flexibility index (Phi) is 11.0. The van der Waals surface area contributed by atoms with Crippen LogP contribution in [0.25, 0.3) is 0 Å². The smallest absolute Gasteiger partial charge is 0.264 e. The van der Waals surface area contributed by atoms with Gasteiger partial charge in [-0.15, -0.1) is 0 Å². The summed E-state index contributed by atoms with van der Waals surface area (Å²) in [5.74, 6) is -0.799. The molecule has 0 aromatic heterocycles. The van der Waals surface area contributed by atoms with Crippen LogP contribution < -0.4 is 9.62 Å². The number of benzene rings is 3. The quantitative estimate of drug-likeness (QED) is 0.270. The molecule has 1 N–H and O–H groups in total. The molecular formula is C32H40ClN3O4S.